The van der Waals surface area contributed by atoms with Crippen LogP contribution in [0.2, 0.25) is 0 Å². The fourth-order valence-electron chi connectivity index (χ4n) is 2.40. The molecule has 0 heterocycles. The van der Waals surface area contributed by atoms with Crippen molar-refractivity contribution in [1.82, 2.24) is 5.32 Å². The number of hydrogen-bond acceptors (Lipinski definition) is 3. The highest BCUT2D eigenvalue weighted by molar-refractivity contribution is 7.93. The third-order valence-corrected chi connectivity index (χ3v) is 6.25. The van der Waals surface area contributed by atoms with Crippen LogP contribution in [-0.2, 0) is 9.84 Å². The van der Waals surface area contributed by atoms with Gasteiger partial charge in [0.25, 0.3) is 0 Å². The topological polar surface area (TPSA) is 46.2 Å². The van der Waals surface area contributed by atoms with Gasteiger partial charge in [-0.2, -0.15) is 0 Å². The molecule has 0 aliphatic heterocycles. The van der Waals surface area contributed by atoms with E-state index < -0.39 is 14.6 Å². The molecule has 2 rings (SSSR count). The quantitative estimate of drug-likeness (QED) is 0.891. The summed E-state index contributed by atoms with van der Waals surface area (Å²) in [4.78, 5) is 0.457. The van der Waals surface area contributed by atoms with Crippen LogP contribution < -0.4 is 5.32 Å². The van der Waals surface area contributed by atoms with Gasteiger partial charge in [-0.25, -0.2) is 8.42 Å². The predicted molar refractivity (Wildman–Crippen MR) is 68.9 cm³/mol. The second-order valence-electron chi connectivity index (χ2n) is 4.88. The summed E-state index contributed by atoms with van der Waals surface area (Å²) < 4.78 is 24.6. The third kappa shape index (κ3) is 2.00. The highest BCUT2D eigenvalue weighted by Crippen LogP contribution is 2.42. The number of rotatable bonds is 4. The predicted octanol–water partition coefficient (Wildman–Crippen LogP) is 1.91. The maximum Gasteiger partial charge on any atom is 0.185 e. The van der Waals surface area contributed by atoms with E-state index in [1.807, 2.05) is 26.1 Å². The highest BCUT2D eigenvalue weighted by atomic mass is 32.2. The summed E-state index contributed by atoms with van der Waals surface area (Å²) in [5, 5.41) is 3.02. The van der Waals surface area contributed by atoms with Crippen molar-refractivity contribution < 1.29 is 8.42 Å². The molecule has 1 aliphatic carbocycles. The zero-order valence-corrected chi connectivity index (χ0v) is 11.2. The van der Waals surface area contributed by atoms with Crippen molar-refractivity contribution in [3.8, 4) is 0 Å². The van der Waals surface area contributed by atoms with Crippen LogP contribution in [0.3, 0.4) is 0 Å². The van der Waals surface area contributed by atoms with Crippen LogP contribution in [0.4, 0.5) is 0 Å². The molecule has 0 bridgehead atoms. The smallest absolute Gasteiger partial charge is 0.185 e. The van der Waals surface area contributed by atoms with E-state index in [2.05, 4.69) is 5.32 Å². The first-order chi connectivity index (χ1) is 8.02. The largest absolute Gasteiger partial charge is 0.318 e. The molecule has 1 aliphatic rings. The van der Waals surface area contributed by atoms with E-state index in [0.717, 1.165) is 24.8 Å². The second kappa shape index (κ2) is 4.42. The second-order valence-corrected chi connectivity index (χ2v) is 7.23. The van der Waals surface area contributed by atoms with E-state index >= 15 is 0 Å². The van der Waals surface area contributed by atoms with Crippen LogP contribution in [0.5, 0.6) is 0 Å². The number of sulfone groups is 1. The van der Waals surface area contributed by atoms with Gasteiger partial charge in [0.1, 0.15) is 0 Å². The minimum atomic E-state index is -3.21. The Hall–Kier alpha value is -0.870. The Bertz CT molecular complexity index is 487. The molecule has 4 heteroatoms. The van der Waals surface area contributed by atoms with Crippen molar-refractivity contribution in [1.29, 1.82) is 0 Å². The lowest BCUT2D eigenvalue weighted by atomic mass is 9.84. The molecule has 1 saturated carbocycles. The van der Waals surface area contributed by atoms with Crippen molar-refractivity contribution in [2.75, 3.05) is 13.6 Å². The first-order valence-electron chi connectivity index (χ1n) is 5.98. The maximum absolute atomic E-state index is 12.6. The lowest BCUT2D eigenvalue weighted by Gasteiger charge is -2.40. The maximum atomic E-state index is 12.6. The average molecular weight is 253 g/mol. The first kappa shape index (κ1) is 12.6. The van der Waals surface area contributed by atoms with E-state index in [9.17, 15) is 8.42 Å². The van der Waals surface area contributed by atoms with E-state index in [4.69, 9.17) is 0 Å². The summed E-state index contributed by atoms with van der Waals surface area (Å²) in [7, 11) is -1.40. The Morgan fingerprint density at radius 3 is 2.24 bits per heavy atom. The molecule has 0 amide bonds. The lowest BCUT2D eigenvalue weighted by molar-refractivity contribution is 0.328. The van der Waals surface area contributed by atoms with Crippen molar-refractivity contribution in [3.63, 3.8) is 0 Å². The van der Waals surface area contributed by atoms with Gasteiger partial charge in [-0.3, -0.25) is 0 Å². The van der Waals surface area contributed by atoms with Crippen LogP contribution in [0.25, 0.3) is 0 Å². The van der Waals surface area contributed by atoms with Crippen molar-refractivity contribution in [2.24, 2.45) is 0 Å². The van der Waals surface area contributed by atoms with Crippen LogP contribution in [-0.4, -0.2) is 26.8 Å². The molecule has 0 aromatic heterocycles. The standard InChI is InChI=1S/C13H19NO2S/c1-11-4-6-12(7-5-11)17(15,16)13(10-14-2)8-3-9-13/h4-7,14H,3,8-10H2,1-2H3. The van der Waals surface area contributed by atoms with Crippen LogP contribution in [0.1, 0.15) is 24.8 Å². The molecule has 17 heavy (non-hydrogen) atoms. The minimum Gasteiger partial charge on any atom is -0.318 e. The highest BCUT2D eigenvalue weighted by Gasteiger charge is 2.48. The fraction of sp³-hybridized carbons (Fsp3) is 0.538. The summed E-state index contributed by atoms with van der Waals surface area (Å²) in [6.07, 6.45) is 2.54. The van der Waals surface area contributed by atoms with Gasteiger partial charge in [0, 0.05) is 6.54 Å². The molecule has 1 fully saturated rings. The van der Waals surface area contributed by atoms with E-state index in [0.29, 0.717) is 11.4 Å². The average Bonchev–Trinajstić information content (AvgIpc) is 2.23. The Balaban J connectivity index is 2.38. The first-order valence-corrected chi connectivity index (χ1v) is 7.46. The normalized spacial score (nSPS) is 18.7. The number of nitrogens with one attached hydrogen (secondary N) is 1. The summed E-state index contributed by atoms with van der Waals surface area (Å²) >= 11 is 0. The monoisotopic (exact) mass is 253 g/mol. The molecule has 1 aromatic carbocycles. The van der Waals surface area contributed by atoms with Gasteiger partial charge in [0.2, 0.25) is 0 Å². The Labute approximate surface area is 103 Å². The van der Waals surface area contributed by atoms with Crippen molar-refractivity contribution in [2.45, 2.75) is 35.8 Å². The molecule has 0 radical (unpaired) electrons. The number of hydrogen-bond donors (Lipinski definition) is 1. The van der Waals surface area contributed by atoms with Gasteiger partial charge in [-0.1, -0.05) is 24.1 Å². The molecule has 0 atom stereocenters. The minimum absolute atomic E-state index is 0.457. The zero-order chi connectivity index (χ0) is 12.5. The van der Waals surface area contributed by atoms with Crippen molar-refractivity contribution >= 4 is 9.84 Å². The van der Waals surface area contributed by atoms with Crippen LogP contribution >= 0.6 is 0 Å². The van der Waals surface area contributed by atoms with E-state index in [-0.39, 0.29) is 0 Å². The summed E-state index contributed by atoms with van der Waals surface area (Å²) in [5.74, 6) is 0. The van der Waals surface area contributed by atoms with Gasteiger partial charge in [0.05, 0.1) is 9.64 Å². The molecule has 1 N–H and O–H groups in total. The molecular weight excluding hydrogens is 234 g/mol. The van der Waals surface area contributed by atoms with Gasteiger partial charge in [0.15, 0.2) is 9.84 Å². The summed E-state index contributed by atoms with van der Waals surface area (Å²) in [6.45, 7) is 2.51. The number of aryl methyl sites for hydroxylation is 1. The van der Waals surface area contributed by atoms with Crippen LogP contribution in [0.15, 0.2) is 29.2 Å². The fourth-order valence-corrected chi connectivity index (χ4v) is 4.56. The Morgan fingerprint density at radius 1 is 1.24 bits per heavy atom. The Morgan fingerprint density at radius 2 is 1.82 bits per heavy atom. The molecule has 94 valence electrons. The van der Waals surface area contributed by atoms with Gasteiger partial charge >= 0.3 is 0 Å². The molecule has 3 nitrogen and oxygen atoms in total. The lowest BCUT2D eigenvalue weighted by Crippen LogP contribution is -2.51. The van der Waals surface area contributed by atoms with Gasteiger partial charge in [-0.05, 0) is 38.9 Å². The zero-order valence-electron chi connectivity index (χ0n) is 10.4. The van der Waals surface area contributed by atoms with E-state index in [1.165, 1.54) is 0 Å². The van der Waals surface area contributed by atoms with E-state index in [1.54, 1.807) is 12.1 Å². The molecule has 1 aromatic rings. The van der Waals surface area contributed by atoms with Crippen molar-refractivity contribution in [3.05, 3.63) is 29.8 Å². The van der Waals surface area contributed by atoms with Gasteiger partial charge < -0.3 is 5.32 Å². The molecule has 0 spiro atoms. The Kier molecular flexibility index (Phi) is 3.27. The summed E-state index contributed by atoms with van der Waals surface area (Å²) in [6, 6.07) is 7.16. The number of benzene rings is 1. The van der Waals surface area contributed by atoms with Gasteiger partial charge in [-0.15, -0.1) is 0 Å². The summed E-state index contributed by atoms with van der Waals surface area (Å²) in [5.41, 5.74) is 1.08. The molecule has 0 unspecified atom stereocenters. The SMILES string of the molecule is CNCC1(S(=O)(=O)c2ccc(C)cc2)CCC1. The third-order valence-electron chi connectivity index (χ3n) is 3.67. The van der Waals surface area contributed by atoms with Crippen LogP contribution in [0, 0.1) is 6.92 Å². The molecular formula is C13H19NO2S. The molecule has 0 saturated heterocycles.